The molecule has 6 N–H and O–H groups in total. The average molecular weight is 265 g/mol. The number of anilines is 2. The maximum atomic E-state index is 11.9. The molecule has 0 saturated heterocycles. The number of hydrogen-bond donors (Lipinski definition) is 4. The Morgan fingerprint density at radius 2 is 2.22 bits per heavy atom. The standard InChI is InChI=1S/C10H11N5O2S/c11-5-4-8(17)14-10(13-3-1-2-3)15-9(4)18-6(5)7(12)16/h3H,1-2,11H2,(H2,12,16)(H2,13,14,15,17). The predicted octanol–water partition coefficient (Wildman–Crippen LogP) is 0.240. The Bertz CT molecular complexity index is 700. The number of thiophene rings is 1. The molecule has 2 heterocycles. The number of fused-ring (bicyclic) bond motifs is 1. The van der Waals surface area contributed by atoms with E-state index in [0.717, 1.165) is 24.2 Å². The Balaban J connectivity index is 2.17. The summed E-state index contributed by atoms with van der Waals surface area (Å²) in [5.74, 6) is -0.237. The van der Waals surface area contributed by atoms with Crippen molar-refractivity contribution in [2.75, 3.05) is 11.1 Å². The second kappa shape index (κ2) is 3.70. The van der Waals surface area contributed by atoms with Crippen molar-refractivity contribution in [2.24, 2.45) is 5.73 Å². The van der Waals surface area contributed by atoms with Crippen LogP contribution in [0.15, 0.2) is 4.79 Å². The van der Waals surface area contributed by atoms with Crippen molar-refractivity contribution in [1.29, 1.82) is 0 Å². The van der Waals surface area contributed by atoms with E-state index in [1.807, 2.05) is 0 Å². The van der Waals surface area contributed by atoms with Gasteiger partial charge in [0.15, 0.2) is 0 Å². The van der Waals surface area contributed by atoms with E-state index in [-0.39, 0.29) is 21.5 Å². The lowest BCUT2D eigenvalue weighted by atomic mass is 10.3. The predicted molar refractivity (Wildman–Crippen MR) is 69.8 cm³/mol. The zero-order chi connectivity index (χ0) is 12.9. The van der Waals surface area contributed by atoms with Crippen LogP contribution in [0.1, 0.15) is 22.5 Å². The number of primary amides is 1. The van der Waals surface area contributed by atoms with Crippen LogP contribution < -0.4 is 22.3 Å². The second-order valence-corrected chi connectivity index (χ2v) is 5.22. The molecule has 1 fully saturated rings. The number of nitrogens with one attached hydrogen (secondary N) is 2. The average Bonchev–Trinajstić information content (AvgIpc) is 3.01. The molecule has 2 aromatic rings. The van der Waals surface area contributed by atoms with Gasteiger partial charge in [-0.15, -0.1) is 11.3 Å². The fraction of sp³-hybridized carbons (Fsp3) is 0.300. The van der Waals surface area contributed by atoms with E-state index in [2.05, 4.69) is 15.3 Å². The molecule has 0 bridgehead atoms. The first kappa shape index (κ1) is 11.0. The van der Waals surface area contributed by atoms with Crippen molar-refractivity contribution >= 4 is 39.1 Å². The number of nitrogen functional groups attached to an aromatic ring is 1. The zero-order valence-corrected chi connectivity index (χ0v) is 10.1. The van der Waals surface area contributed by atoms with Crippen LogP contribution in [0, 0.1) is 0 Å². The molecule has 0 atom stereocenters. The minimum absolute atomic E-state index is 0.106. The number of carbonyl (C=O) groups is 1. The van der Waals surface area contributed by atoms with Gasteiger partial charge in [0.1, 0.15) is 15.1 Å². The lowest BCUT2D eigenvalue weighted by molar-refractivity contribution is 0.100. The van der Waals surface area contributed by atoms with Crippen molar-refractivity contribution in [3.8, 4) is 0 Å². The van der Waals surface area contributed by atoms with Crippen molar-refractivity contribution in [3.63, 3.8) is 0 Å². The Morgan fingerprint density at radius 3 is 2.83 bits per heavy atom. The van der Waals surface area contributed by atoms with E-state index >= 15 is 0 Å². The van der Waals surface area contributed by atoms with Crippen LogP contribution in [0.2, 0.25) is 0 Å². The van der Waals surface area contributed by atoms with E-state index in [0.29, 0.717) is 16.8 Å². The Kier molecular flexibility index (Phi) is 2.27. The number of rotatable bonds is 3. The largest absolute Gasteiger partial charge is 0.397 e. The molecule has 0 unspecified atom stereocenters. The third kappa shape index (κ3) is 1.70. The van der Waals surface area contributed by atoms with E-state index in [9.17, 15) is 9.59 Å². The zero-order valence-electron chi connectivity index (χ0n) is 9.32. The van der Waals surface area contributed by atoms with Gasteiger partial charge >= 0.3 is 0 Å². The maximum Gasteiger partial charge on any atom is 0.263 e. The quantitative estimate of drug-likeness (QED) is 0.632. The highest BCUT2D eigenvalue weighted by Crippen LogP contribution is 2.30. The molecule has 1 saturated carbocycles. The second-order valence-electron chi connectivity index (χ2n) is 4.22. The van der Waals surface area contributed by atoms with Gasteiger partial charge < -0.3 is 16.8 Å². The Hall–Kier alpha value is -2.09. The van der Waals surface area contributed by atoms with Crippen molar-refractivity contribution in [2.45, 2.75) is 18.9 Å². The lowest BCUT2D eigenvalue weighted by Crippen LogP contribution is -2.15. The smallest absolute Gasteiger partial charge is 0.263 e. The van der Waals surface area contributed by atoms with Gasteiger partial charge in [0, 0.05) is 6.04 Å². The number of aromatic nitrogens is 2. The summed E-state index contributed by atoms with van der Waals surface area (Å²) >= 11 is 1.04. The number of aromatic amines is 1. The van der Waals surface area contributed by atoms with Crippen molar-refractivity contribution in [3.05, 3.63) is 15.2 Å². The third-order valence-corrected chi connectivity index (χ3v) is 3.85. The molecule has 0 aliphatic heterocycles. The molecule has 8 heteroatoms. The molecular weight excluding hydrogens is 254 g/mol. The fourth-order valence-corrected chi connectivity index (χ4v) is 2.65. The molecule has 1 aliphatic carbocycles. The summed E-state index contributed by atoms with van der Waals surface area (Å²) in [4.78, 5) is 30.5. The molecule has 0 radical (unpaired) electrons. The maximum absolute atomic E-state index is 11.9. The summed E-state index contributed by atoms with van der Waals surface area (Å²) in [6.45, 7) is 0. The Morgan fingerprint density at radius 1 is 1.50 bits per heavy atom. The first-order valence-corrected chi connectivity index (χ1v) is 6.26. The highest BCUT2D eigenvalue weighted by Gasteiger charge is 2.23. The van der Waals surface area contributed by atoms with Crippen molar-refractivity contribution in [1.82, 2.24) is 9.97 Å². The van der Waals surface area contributed by atoms with Crippen LogP contribution >= 0.6 is 11.3 Å². The van der Waals surface area contributed by atoms with Crippen LogP contribution in [0.3, 0.4) is 0 Å². The summed E-state index contributed by atoms with van der Waals surface area (Å²) < 4.78 is 0. The van der Waals surface area contributed by atoms with Gasteiger partial charge in [-0.25, -0.2) is 4.98 Å². The molecule has 1 aliphatic rings. The molecule has 2 aromatic heterocycles. The Labute approximate surface area is 105 Å². The number of carbonyl (C=O) groups excluding carboxylic acids is 1. The van der Waals surface area contributed by atoms with Gasteiger partial charge in [0.25, 0.3) is 11.5 Å². The van der Waals surface area contributed by atoms with Crippen LogP contribution in [0.25, 0.3) is 10.2 Å². The SMILES string of the molecule is NC(=O)c1sc2nc(NC3CC3)[nH]c(=O)c2c1N. The molecule has 3 rings (SSSR count). The molecular formula is C10H11N5O2S. The number of nitrogens with two attached hydrogens (primary N) is 2. The third-order valence-electron chi connectivity index (χ3n) is 2.74. The van der Waals surface area contributed by atoms with E-state index in [1.165, 1.54) is 0 Å². The molecule has 94 valence electrons. The van der Waals surface area contributed by atoms with Gasteiger partial charge in [0.2, 0.25) is 5.95 Å². The topological polar surface area (TPSA) is 127 Å². The molecule has 7 nitrogen and oxygen atoms in total. The van der Waals surface area contributed by atoms with Crippen LogP contribution in [0.5, 0.6) is 0 Å². The van der Waals surface area contributed by atoms with E-state index in [4.69, 9.17) is 11.5 Å². The van der Waals surface area contributed by atoms with Crippen LogP contribution in [0.4, 0.5) is 11.6 Å². The molecule has 0 aromatic carbocycles. The summed E-state index contributed by atoms with van der Waals surface area (Å²) in [5, 5.41) is 3.32. The number of nitrogens with zero attached hydrogens (tertiary/aromatic N) is 1. The summed E-state index contributed by atoms with van der Waals surface area (Å²) in [6.07, 6.45) is 2.14. The first-order valence-electron chi connectivity index (χ1n) is 5.45. The van der Waals surface area contributed by atoms with Gasteiger partial charge in [-0.2, -0.15) is 0 Å². The summed E-state index contributed by atoms with van der Waals surface area (Å²) in [7, 11) is 0. The van der Waals surface area contributed by atoms with Crippen LogP contribution in [-0.2, 0) is 0 Å². The minimum Gasteiger partial charge on any atom is -0.397 e. The molecule has 1 amide bonds. The molecule has 0 spiro atoms. The lowest BCUT2D eigenvalue weighted by Gasteiger charge is -2.02. The molecule has 18 heavy (non-hydrogen) atoms. The van der Waals surface area contributed by atoms with Crippen molar-refractivity contribution < 1.29 is 4.79 Å². The van der Waals surface area contributed by atoms with Gasteiger partial charge in [-0.05, 0) is 12.8 Å². The number of hydrogen-bond acceptors (Lipinski definition) is 6. The first-order chi connectivity index (χ1) is 8.56. The van der Waals surface area contributed by atoms with Gasteiger partial charge in [0.05, 0.1) is 5.69 Å². The van der Waals surface area contributed by atoms with E-state index < -0.39 is 5.91 Å². The van der Waals surface area contributed by atoms with Gasteiger partial charge in [-0.1, -0.05) is 0 Å². The van der Waals surface area contributed by atoms with Crippen LogP contribution in [-0.4, -0.2) is 21.9 Å². The fourth-order valence-electron chi connectivity index (χ4n) is 1.70. The summed E-state index contributed by atoms with van der Waals surface area (Å²) in [6, 6.07) is 0.374. The monoisotopic (exact) mass is 265 g/mol. The van der Waals surface area contributed by atoms with E-state index in [1.54, 1.807) is 0 Å². The van der Waals surface area contributed by atoms with Gasteiger partial charge in [-0.3, -0.25) is 14.6 Å². The minimum atomic E-state index is -0.647. The normalized spacial score (nSPS) is 14.9. The summed E-state index contributed by atoms with van der Waals surface area (Å²) in [5.41, 5.74) is 10.7. The highest BCUT2D eigenvalue weighted by molar-refractivity contribution is 7.21. The highest BCUT2D eigenvalue weighted by atomic mass is 32.1. The number of H-pyrrole nitrogens is 1. The number of amides is 1.